The average Bonchev–Trinajstić information content (AvgIpc) is 3.61. The van der Waals surface area contributed by atoms with Gasteiger partial charge >= 0.3 is 6.18 Å². The molecule has 4 heterocycles. The van der Waals surface area contributed by atoms with Crippen molar-refractivity contribution in [3.8, 4) is 0 Å². The fraction of sp³-hybridized carbons (Fsp3) is 0.519. The number of likely N-dealkylation sites (N-methyl/N-ethyl adjacent to an activating group) is 1. The number of thiophene rings is 1. The molecule has 0 saturated carbocycles. The number of rotatable bonds is 10. The van der Waals surface area contributed by atoms with Crippen LogP contribution in [0, 0.1) is 5.41 Å². The van der Waals surface area contributed by atoms with Gasteiger partial charge in [-0.1, -0.05) is 6.07 Å². The summed E-state index contributed by atoms with van der Waals surface area (Å²) in [4.78, 5) is 27.6. The van der Waals surface area contributed by atoms with Gasteiger partial charge in [-0.2, -0.15) is 18.2 Å². The van der Waals surface area contributed by atoms with Crippen molar-refractivity contribution in [3.63, 3.8) is 0 Å². The fourth-order valence-corrected chi connectivity index (χ4v) is 6.98. The van der Waals surface area contributed by atoms with Crippen molar-refractivity contribution in [1.29, 1.82) is 0 Å². The molecule has 0 radical (unpaired) electrons. The van der Waals surface area contributed by atoms with Crippen LogP contribution < -0.4 is 20.4 Å². The van der Waals surface area contributed by atoms with Gasteiger partial charge in [-0.15, -0.1) is 11.3 Å². The molecule has 1 aromatic carbocycles. The Balaban J connectivity index is 1.31. The average molecular weight is 578 g/mol. The molecular formula is C27H34F3N7O2S. The van der Waals surface area contributed by atoms with Gasteiger partial charge in [0.05, 0.1) is 29.8 Å². The van der Waals surface area contributed by atoms with Gasteiger partial charge in [0, 0.05) is 57.1 Å². The van der Waals surface area contributed by atoms with Gasteiger partial charge in [-0.25, -0.2) is 4.98 Å². The Morgan fingerprint density at radius 2 is 2.00 bits per heavy atom. The monoisotopic (exact) mass is 577 g/mol. The molecule has 2 aliphatic rings. The second kappa shape index (κ2) is 11.4. The number of alkyl halides is 3. The summed E-state index contributed by atoms with van der Waals surface area (Å²) in [6.45, 7) is 4.63. The van der Waals surface area contributed by atoms with Gasteiger partial charge in [-0.05, 0) is 43.1 Å². The molecule has 2 aromatic heterocycles. The number of aliphatic hydroxyl groups is 1. The molecule has 13 heteroatoms. The number of fused-ring (bicyclic) bond motifs is 1. The van der Waals surface area contributed by atoms with Crippen molar-refractivity contribution >= 4 is 51.1 Å². The summed E-state index contributed by atoms with van der Waals surface area (Å²) in [5.74, 6) is 1.10. The van der Waals surface area contributed by atoms with Crippen LogP contribution >= 0.6 is 11.3 Å². The Hall–Kier alpha value is -3.16. The lowest BCUT2D eigenvalue weighted by Crippen LogP contribution is -2.31. The van der Waals surface area contributed by atoms with Crippen molar-refractivity contribution in [2.75, 3.05) is 73.9 Å². The van der Waals surface area contributed by atoms with Gasteiger partial charge in [-0.3, -0.25) is 9.69 Å². The van der Waals surface area contributed by atoms with E-state index in [2.05, 4.69) is 36.5 Å². The maximum Gasteiger partial charge on any atom is 0.393 e. The molecule has 1 atom stereocenters. The highest BCUT2D eigenvalue weighted by Gasteiger charge is 2.44. The van der Waals surface area contributed by atoms with E-state index in [0.717, 1.165) is 68.2 Å². The predicted molar refractivity (Wildman–Crippen MR) is 152 cm³/mol. The SMILES string of the molecule is CNc1nc(N2CCC3(CCN(Cc4ccc(N(C)CCO)c(NC=O)c4)C3)C2)c2cc(CC(F)(F)F)sc2n1. The van der Waals surface area contributed by atoms with Crippen molar-refractivity contribution < 1.29 is 23.1 Å². The zero-order valence-electron chi connectivity index (χ0n) is 22.6. The van der Waals surface area contributed by atoms with E-state index in [1.54, 1.807) is 13.1 Å². The van der Waals surface area contributed by atoms with Gasteiger partial charge in [0.2, 0.25) is 12.4 Å². The van der Waals surface area contributed by atoms with E-state index in [4.69, 9.17) is 0 Å². The second-order valence-corrected chi connectivity index (χ2v) is 11.9. The van der Waals surface area contributed by atoms with Crippen LogP contribution in [0.25, 0.3) is 10.2 Å². The first kappa shape index (κ1) is 28.4. The number of hydrogen-bond donors (Lipinski definition) is 3. The largest absolute Gasteiger partial charge is 0.395 e. The number of likely N-dealkylation sites (tertiary alicyclic amines) is 1. The van der Waals surface area contributed by atoms with Crippen LogP contribution in [0.5, 0.6) is 0 Å². The van der Waals surface area contributed by atoms with Crippen LogP contribution in [0.2, 0.25) is 0 Å². The summed E-state index contributed by atoms with van der Waals surface area (Å²) >= 11 is 1.07. The number of nitrogens with one attached hydrogen (secondary N) is 2. The van der Waals surface area contributed by atoms with E-state index < -0.39 is 12.6 Å². The highest BCUT2D eigenvalue weighted by molar-refractivity contribution is 7.18. The lowest BCUT2D eigenvalue weighted by molar-refractivity contribution is -0.126. The van der Waals surface area contributed by atoms with Gasteiger partial charge < -0.3 is 25.5 Å². The minimum absolute atomic E-state index is 0.0175. The van der Waals surface area contributed by atoms with Crippen LogP contribution in [-0.4, -0.2) is 86.0 Å². The number of aromatic nitrogens is 2. The standard InChI is InChI=1S/C27H34F3N7O2S/c1-31-25-33-23(20-12-19(13-27(28,29)30)40-24(20)34-25)37-8-6-26(16-37)5-7-36(15-26)14-18-3-4-22(35(2)9-10-38)21(11-18)32-17-39/h3-4,11-12,17,38H,5-10,13-16H2,1-2H3,(H,32,39)(H,31,33,34). The number of benzene rings is 1. The Kier molecular flexibility index (Phi) is 8.07. The Morgan fingerprint density at radius 1 is 1.20 bits per heavy atom. The van der Waals surface area contributed by atoms with Crippen LogP contribution in [-0.2, 0) is 17.8 Å². The van der Waals surface area contributed by atoms with E-state index >= 15 is 0 Å². The smallest absolute Gasteiger partial charge is 0.393 e. The molecule has 3 N–H and O–H groups in total. The molecule has 216 valence electrons. The molecule has 2 aliphatic heterocycles. The number of anilines is 4. The van der Waals surface area contributed by atoms with Gasteiger partial charge in [0.1, 0.15) is 10.6 Å². The number of amides is 1. The van der Waals surface area contributed by atoms with Crippen molar-refractivity contribution in [2.45, 2.75) is 32.0 Å². The number of hydrogen-bond acceptors (Lipinski definition) is 9. The zero-order valence-corrected chi connectivity index (χ0v) is 23.4. The molecule has 1 amide bonds. The molecule has 3 aromatic rings. The second-order valence-electron chi connectivity index (χ2n) is 10.7. The molecule has 1 spiro atoms. The highest BCUT2D eigenvalue weighted by atomic mass is 32.1. The Labute approximate surface area is 235 Å². The van der Waals surface area contributed by atoms with Gasteiger partial charge in [0.25, 0.3) is 0 Å². The third-order valence-electron chi connectivity index (χ3n) is 7.81. The lowest BCUT2D eigenvalue weighted by atomic mass is 9.86. The van der Waals surface area contributed by atoms with Gasteiger partial charge in [0.15, 0.2) is 0 Å². The number of aliphatic hydroxyl groups excluding tert-OH is 1. The molecule has 2 fully saturated rings. The van der Waals surface area contributed by atoms with E-state index in [1.807, 2.05) is 24.1 Å². The Bertz CT molecular complexity index is 1370. The number of carbonyl (C=O) groups is 1. The third-order valence-corrected chi connectivity index (χ3v) is 8.83. The summed E-state index contributed by atoms with van der Waals surface area (Å²) < 4.78 is 39.2. The van der Waals surface area contributed by atoms with Crippen LogP contribution in [0.15, 0.2) is 24.3 Å². The molecular weight excluding hydrogens is 543 g/mol. The maximum atomic E-state index is 13.1. The van der Waals surface area contributed by atoms with Crippen molar-refractivity contribution in [1.82, 2.24) is 14.9 Å². The molecule has 0 bridgehead atoms. The quantitative estimate of drug-likeness (QED) is 0.312. The van der Waals surface area contributed by atoms with Crippen molar-refractivity contribution in [3.05, 3.63) is 34.7 Å². The number of halogens is 3. The predicted octanol–water partition coefficient (Wildman–Crippen LogP) is 3.94. The normalized spacial score (nSPS) is 19.6. The first-order valence-electron chi connectivity index (χ1n) is 13.3. The summed E-state index contributed by atoms with van der Waals surface area (Å²) in [7, 11) is 3.58. The molecule has 2 saturated heterocycles. The van der Waals surface area contributed by atoms with E-state index in [-0.39, 0.29) is 16.9 Å². The van der Waals surface area contributed by atoms with Crippen LogP contribution in [0.1, 0.15) is 23.3 Å². The summed E-state index contributed by atoms with van der Waals surface area (Å²) in [6, 6.07) is 7.60. The molecule has 0 aliphatic carbocycles. The molecule has 1 unspecified atom stereocenters. The van der Waals surface area contributed by atoms with E-state index in [9.17, 15) is 23.1 Å². The van der Waals surface area contributed by atoms with Crippen LogP contribution in [0.3, 0.4) is 0 Å². The van der Waals surface area contributed by atoms with E-state index in [0.29, 0.717) is 40.6 Å². The summed E-state index contributed by atoms with van der Waals surface area (Å²) in [5.41, 5.74) is 2.72. The third kappa shape index (κ3) is 6.11. The van der Waals surface area contributed by atoms with E-state index in [1.165, 1.54) is 0 Å². The maximum absolute atomic E-state index is 13.1. The topological polar surface area (TPSA) is 96.9 Å². The fourth-order valence-electron chi connectivity index (χ4n) is 5.93. The molecule has 5 rings (SSSR count). The summed E-state index contributed by atoms with van der Waals surface area (Å²) in [6.07, 6.45) is -2.58. The minimum Gasteiger partial charge on any atom is -0.395 e. The molecule has 9 nitrogen and oxygen atoms in total. The zero-order chi connectivity index (χ0) is 28.5. The minimum atomic E-state index is -4.27. The Morgan fingerprint density at radius 3 is 2.73 bits per heavy atom. The van der Waals surface area contributed by atoms with Crippen LogP contribution in [0.4, 0.5) is 36.3 Å². The number of nitrogens with zero attached hydrogens (tertiary/aromatic N) is 5. The molecule has 40 heavy (non-hydrogen) atoms. The lowest BCUT2D eigenvalue weighted by Gasteiger charge is -2.26. The van der Waals surface area contributed by atoms with Crippen molar-refractivity contribution in [2.24, 2.45) is 5.41 Å². The number of carbonyl (C=O) groups excluding carboxylic acids is 1. The first-order valence-corrected chi connectivity index (χ1v) is 14.1. The first-order chi connectivity index (χ1) is 19.1. The summed E-state index contributed by atoms with van der Waals surface area (Å²) in [5, 5.41) is 15.7. The highest BCUT2D eigenvalue weighted by Crippen LogP contribution is 2.44.